The molecule has 3 heterocycles. The summed E-state index contributed by atoms with van der Waals surface area (Å²) in [5.74, 6) is 0.950. The second-order valence-electron chi connectivity index (χ2n) is 7.91. The van der Waals surface area contributed by atoms with Crippen LogP contribution in [-0.2, 0) is 14.2 Å². The third-order valence-corrected chi connectivity index (χ3v) is 6.11. The molecule has 3 aliphatic rings. The highest BCUT2D eigenvalue weighted by Gasteiger charge is 2.32. The van der Waals surface area contributed by atoms with Gasteiger partial charge in [0, 0.05) is 46.4 Å². The van der Waals surface area contributed by atoms with Gasteiger partial charge in [-0.15, -0.1) is 24.0 Å². The normalized spacial score (nSPS) is 26.8. The van der Waals surface area contributed by atoms with E-state index in [1.807, 2.05) is 7.05 Å². The molecule has 0 saturated carbocycles. The summed E-state index contributed by atoms with van der Waals surface area (Å²) in [7, 11) is 1.87. The number of rotatable bonds is 5. The quantitative estimate of drug-likeness (QED) is 0.358. The van der Waals surface area contributed by atoms with Gasteiger partial charge in [-0.2, -0.15) is 0 Å². The first-order chi connectivity index (χ1) is 14.3. The van der Waals surface area contributed by atoms with Crippen LogP contribution in [0.5, 0.6) is 0 Å². The second kappa shape index (κ2) is 12.2. The Morgan fingerprint density at radius 3 is 2.53 bits per heavy atom. The fourth-order valence-electron chi connectivity index (χ4n) is 4.53. The number of benzene rings is 1. The van der Waals surface area contributed by atoms with E-state index in [0.29, 0.717) is 6.04 Å². The third-order valence-electron chi connectivity index (χ3n) is 6.11. The zero-order valence-electron chi connectivity index (χ0n) is 17.9. The highest BCUT2D eigenvalue weighted by atomic mass is 127. The first-order valence-electron chi connectivity index (χ1n) is 10.9. The number of hydrogen-bond acceptors (Lipinski definition) is 5. The van der Waals surface area contributed by atoms with E-state index < -0.39 is 0 Å². The van der Waals surface area contributed by atoms with Crippen molar-refractivity contribution in [3.63, 3.8) is 0 Å². The second-order valence-corrected chi connectivity index (χ2v) is 7.91. The molecule has 0 radical (unpaired) electrons. The highest BCUT2D eigenvalue weighted by molar-refractivity contribution is 14.0. The van der Waals surface area contributed by atoms with Crippen molar-refractivity contribution in [3.05, 3.63) is 35.9 Å². The maximum Gasteiger partial charge on any atom is 0.193 e. The first kappa shape index (κ1) is 23.7. The molecule has 3 atom stereocenters. The highest BCUT2D eigenvalue weighted by Crippen LogP contribution is 2.23. The molecule has 4 rings (SSSR count). The molecule has 0 aromatic heterocycles. The monoisotopic (exact) mass is 530 g/mol. The van der Waals surface area contributed by atoms with E-state index in [0.717, 1.165) is 78.0 Å². The van der Waals surface area contributed by atoms with E-state index in [4.69, 9.17) is 14.2 Å². The van der Waals surface area contributed by atoms with Crippen molar-refractivity contribution in [2.75, 3.05) is 66.2 Å². The minimum absolute atomic E-state index is 0. The standard InChI is InChI=1S/C22H34N4O3.HI/c1-23-22(26-11-15-29-21(17-26)20-8-5-12-28-20)24-16-19(18-6-3-2-4-7-18)25-9-13-27-14-10-25;/h2-4,6-7,19-21H,5,8-17H2,1H3,(H,23,24);1H. The molecule has 1 aromatic rings. The van der Waals surface area contributed by atoms with E-state index in [2.05, 4.69) is 50.4 Å². The van der Waals surface area contributed by atoms with Crippen LogP contribution in [0.4, 0.5) is 0 Å². The van der Waals surface area contributed by atoms with Crippen molar-refractivity contribution in [3.8, 4) is 0 Å². The number of guanidine groups is 1. The van der Waals surface area contributed by atoms with Gasteiger partial charge in [0.2, 0.25) is 0 Å². The molecule has 7 nitrogen and oxygen atoms in total. The van der Waals surface area contributed by atoms with Crippen molar-refractivity contribution >= 4 is 29.9 Å². The summed E-state index contributed by atoms with van der Waals surface area (Å²) in [5.41, 5.74) is 1.33. The van der Waals surface area contributed by atoms with Gasteiger partial charge in [-0.25, -0.2) is 0 Å². The molecule has 3 saturated heterocycles. The summed E-state index contributed by atoms with van der Waals surface area (Å²) in [6.07, 6.45) is 2.59. The van der Waals surface area contributed by atoms with Crippen LogP contribution in [0.25, 0.3) is 0 Å². The minimum Gasteiger partial charge on any atom is -0.379 e. The minimum atomic E-state index is 0. The Labute approximate surface area is 197 Å². The molecule has 0 spiro atoms. The summed E-state index contributed by atoms with van der Waals surface area (Å²) in [6, 6.07) is 11.0. The topological polar surface area (TPSA) is 58.6 Å². The molecule has 3 unspecified atom stereocenters. The Morgan fingerprint density at radius 1 is 1.07 bits per heavy atom. The zero-order chi connectivity index (χ0) is 19.9. The molecule has 1 aromatic carbocycles. The predicted octanol–water partition coefficient (Wildman–Crippen LogP) is 2.13. The Morgan fingerprint density at radius 2 is 1.83 bits per heavy atom. The van der Waals surface area contributed by atoms with Crippen LogP contribution in [0.3, 0.4) is 0 Å². The maximum atomic E-state index is 6.01. The van der Waals surface area contributed by atoms with Crippen LogP contribution in [0.1, 0.15) is 24.4 Å². The van der Waals surface area contributed by atoms with Crippen LogP contribution in [0, 0.1) is 0 Å². The van der Waals surface area contributed by atoms with Gasteiger partial charge in [-0.3, -0.25) is 9.89 Å². The molecule has 0 aliphatic carbocycles. The maximum absolute atomic E-state index is 6.01. The van der Waals surface area contributed by atoms with Crippen molar-refractivity contribution < 1.29 is 14.2 Å². The average molecular weight is 530 g/mol. The zero-order valence-corrected chi connectivity index (χ0v) is 20.2. The summed E-state index contributed by atoms with van der Waals surface area (Å²) in [6.45, 7) is 7.59. The number of nitrogens with one attached hydrogen (secondary N) is 1. The number of aliphatic imine (C=N–C) groups is 1. The molecule has 0 amide bonds. The van der Waals surface area contributed by atoms with E-state index in [1.54, 1.807) is 0 Å². The molecule has 3 aliphatic heterocycles. The van der Waals surface area contributed by atoms with Crippen LogP contribution in [-0.4, -0.2) is 94.2 Å². The van der Waals surface area contributed by atoms with Gasteiger partial charge >= 0.3 is 0 Å². The van der Waals surface area contributed by atoms with Crippen LogP contribution < -0.4 is 5.32 Å². The SMILES string of the molecule is CN=C(NCC(c1ccccc1)N1CCOCC1)N1CCOC(C2CCCO2)C1.I. The predicted molar refractivity (Wildman–Crippen MR) is 129 cm³/mol. The lowest BCUT2D eigenvalue weighted by atomic mass is 10.0. The number of ether oxygens (including phenoxy) is 3. The summed E-state index contributed by atoms with van der Waals surface area (Å²) in [5, 5.41) is 3.64. The van der Waals surface area contributed by atoms with Crippen LogP contribution in [0.15, 0.2) is 35.3 Å². The fourth-order valence-corrected chi connectivity index (χ4v) is 4.53. The third kappa shape index (κ3) is 6.06. The van der Waals surface area contributed by atoms with Crippen LogP contribution >= 0.6 is 24.0 Å². The smallest absolute Gasteiger partial charge is 0.193 e. The Bertz CT molecular complexity index is 651. The van der Waals surface area contributed by atoms with Crippen molar-refractivity contribution in [1.82, 2.24) is 15.1 Å². The molecule has 0 bridgehead atoms. The van der Waals surface area contributed by atoms with E-state index in [-0.39, 0.29) is 36.2 Å². The average Bonchev–Trinajstić information content (AvgIpc) is 3.33. The fraction of sp³-hybridized carbons (Fsp3) is 0.682. The molecule has 168 valence electrons. The Hall–Kier alpha value is -0.940. The number of hydrogen-bond donors (Lipinski definition) is 1. The number of halogens is 1. The summed E-state index contributed by atoms with van der Waals surface area (Å²) in [4.78, 5) is 9.40. The van der Waals surface area contributed by atoms with Gasteiger partial charge in [-0.05, 0) is 18.4 Å². The van der Waals surface area contributed by atoms with Crippen molar-refractivity contribution in [2.45, 2.75) is 31.1 Å². The Kier molecular flexibility index (Phi) is 9.64. The number of morpholine rings is 2. The van der Waals surface area contributed by atoms with Gasteiger partial charge < -0.3 is 24.4 Å². The lowest BCUT2D eigenvalue weighted by molar-refractivity contribution is -0.0817. The summed E-state index contributed by atoms with van der Waals surface area (Å²) >= 11 is 0. The molecular weight excluding hydrogens is 495 g/mol. The van der Waals surface area contributed by atoms with E-state index >= 15 is 0 Å². The van der Waals surface area contributed by atoms with Crippen molar-refractivity contribution in [2.24, 2.45) is 4.99 Å². The molecule has 8 heteroatoms. The number of nitrogens with zero attached hydrogens (tertiary/aromatic N) is 3. The van der Waals surface area contributed by atoms with E-state index in [9.17, 15) is 0 Å². The lowest BCUT2D eigenvalue weighted by Gasteiger charge is -2.39. The van der Waals surface area contributed by atoms with Crippen LogP contribution in [0.2, 0.25) is 0 Å². The molecule has 3 fully saturated rings. The largest absolute Gasteiger partial charge is 0.379 e. The molecular formula is C22H35IN4O3. The first-order valence-corrected chi connectivity index (χ1v) is 10.9. The van der Waals surface area contributed by atoms with Gasteiger partial charge in [0.1, 0.15) is 6.10 Å². The van der Waals surface area contributed by atoms with Gasteiger partial charge in [0.05, 0.1) is 32.0 Å². The molecule has 1 N–H and O–H groups in total. The van der Waals surface area contributed by atoms with Gasteiger partial charge in [-0.1, -0.05) is 30.3 Å². The Balaban J connectivity index is 0.00000256. The molecule has 30 heavy (non-hydrogen) atoms. The lowest BCUT2D eigenvalue weighted by Crippen LogP contribution is -2.54. The van der Waals surface area contributed by atoms with E-state index in [1.165, 1.54) is 5.56 Å². The van der Waals surface area contributed by atoms with Gasteiger partial charge in [0.25, 0.3) is 0 Å². The van der Waals surface area contributed by atoms with Gasteiger partial charge in [0.15, 0.2) is 5.96 Å². The summed E-state index contributed by atoms with van der Waals surface area (Å²) < 4.78 is 17.4. The van der Waals surface area contributed by atoms with Crippen molar-refractivity contribution in [1.29, 1.82) is 0 Å².